The number of benzene rings is 2. The molecule has 2 aromatic carbocycles. The highest BCUT2D eigenvalue weighted by molar-refractivity contribution is 7.89. The fourth-order valence-corrected chi connectivity index (χ4v) is 5.86. The van der Waals surface area contributed by atoms with Crippen molar-refractivity contribution in [3.05, 3.63) is 57.6 Å². The number of ether oxygens (including phenoxy) is 2. The lowest BCUT2D eigenvalue weighted by Gasteiger charge is -2.35. The van der Waals surface area contributed by atoms with Gasteiger partial charge in [-0.25, -0.2) is 8.42 Å². The molecule has 0 spiro atoms. The van der Waals surface area contributed by atoms with Gasteiger partial charge in [-0.3, -0.25) is 4.90 Å². The molecular weight excluding hydrogens is 412 g/mol. The van der Waals surface area contributed by atoms with E-state index in [2.05, 4.69) is 4.90 Å². The molecule has 0 atom stereocenters. The molecule has 2 heterocycles. The first-order valence-electron chi connectivity index (χ1n) is 9.66. The Morgan fingerprint density at radius 1 is 1.07 bits per heavy atom. The van der Waals surface area contributed by atoms with Gasteiger partial charge in [0.15, 0.2) is 6.79 Å². The minimum absolute atomic E-state index is 0.240. The van der Waals surface area contributed by atoms with E-state index in [0.717, 1.165) is 28.0 Å². The van der Waals surface area contributed by atoms with E-state index in [1.807, 2.05) is 38.1 Å². The summed E-state index contributed by atoms with van der Waals surface area (Å²) in [6.07, 6.45) is 0. The second-order valence-corrected chi connectivity index (χ2v) is 9.96. The van der Waals surface area contributed by atoms with Crippen molar-refractivity contribution in [2.45, 2.75) is 31.9 Å². The van der Waals surface area contributed by atoms with E-state index in [4.69, 9.17) is 21.1 Å². The van der Waals surface area contributed by atoms with Crippen LogP contribution in [0.1, 0.15) is 22.3 Å². The molecule has 0 saturated carbocycles. The van der Waals surface area contributed by atoms with Crippen molar-refractivity contribution in [3.63, 3.8) is 0 Å². The Hall–Kier alpha value is -1.64. The molecule has 2 aliphatic heterocycles. The molecule has 29 heavy (non-hydrogen) atoms. The Balaban J connectivity index is 1.46. The van der Waals surface area contributed by atoms with Crippen molar-refractivity contribution < 1.29 is 17.9 Å². The number of aryl methyl sites for hydroxylation is 2. The highest BCUT2D eigenvalue weighted by atomic mass is 35.5. The normalized spacial score (nSPS) is 18.3. The lowest BCUT2D eigenvalue weighted by molar-refractivity contribution is -0.0175. The van der Waals surface area contributed by atoms with Gasteiger partial charge in [-0.2, -0.15) is 4.31 Å². The van der Waals surface area contributed by atoms with Gasteiger partial charge in [-0.1, -0.05) is 29.3 Å². The van der Waals surface area contributed by atoms with Gasteiger partial charge in [0.1, 0.15) is 5.75 Å². The summed E-state index contributed by atoms with van der Waals surface area (Å²) in [4.78, 5) is 2.63. The SMILES string of the molecule is Cc1ccc(S(=O)(=O)N2CCN(Cc3cc(Cl)cc4c3OCOC4)CC2)c(C)c1. The number of sulfonamides is 1. The van der Waals surface area contributed by atoms with Crippen LogP contribution in [0, 0.1) is 13.8 Å². The van der Waals surface area contributed by atoms with Crippen LogP contribution in [-0.2, 0) is 27.9 Å². The number of fused-ring (bicyclic) bond motifs is 1. The number of halogens is 1. The van der Waals surface area contributed by atoms with E-state index < -0.39 is 10.0 Å². The molecule has 2 aliphatic rings. The van der Waals surface area contributed by atoms with E-state index >= 15 is 0 Å². The van der Waals surface area contributed by atoms with Crippen molar-refractivity contribution in [1.29, 1.82) is 0 Å². The third-order valence-corrected chi connectivity index (χ3v) is 7.70. The molecule has 0 radical (unpaired) electrons. The first kappa shape index (κ1) is 20.6. The number of hydrogen-bond acceptors (Lipinski definition) is 5. The molecule has 2 aromatic rings. The average molecular weight is 437 g/mol. The number of rotatable bonds is 4. The quantitative estimate of drug-likeness (QED) is 0.735. The molecule has 0 unspecified atom stereocenters. The van der Waals surface area contributed by atoms with Gasteiger partial charge >= 0.3 is 0 Å². The second-order valence-electron chi connectivity index (χ2n) is 7.61. The van der Waals surface area contributed by atoms with E-state index in [9.17, 15) is 8.42 Å². The summed E-state index contributed by atoms with van der Waals surface area (Å²) in [6, 6.07) is 9.26. The molecule has 1 saturated heterocycles. The fourth-order valence-electron chi connectivity index (χ4n) is 3.97. The summed E-state index contributed by atoms with van der Waals surface area (Å²) in [7, 11) is -3.48. The van der Waals surface area contributed by atoms with E-state index in [1.165, 1.54) is 0 Å². The Labute approximate surface area is 177 Å². The minimum atomic E-state index is -3.48. The van der Waals surface area contributed by atoms with Crippen LogP contribution >= 0.6 is 11.6 Å². The fraction of sp³-hybridized carbons (Fsp3) is 0.429. The largest absolute Gasteiger partial charge is 0.467 e. The first-order chi connectivity index (χ1) is 13.8. The maximum Gasteiger partial charge on any atom is 0.243 e. The zero-order valence-corrected chi connectivity index (χ0v) is 18.2. The van der Waals surface area contributed by atoms with Crippen molar-refractivity contribution in [1.82, 2.24) is 9.21 Å². The van der Waals surface area contributed by atoms with E-state index in [-0.39, 0.29) is 6.79 Å². The van der Waals surface area contributed by atoms with E-state index in [0.29, 0.717) is 49.2 Å². The van der Waals surface area contributed by atoms with Gasteiger partial charge in [0.2, 0.25) is 10.0 Å². The molecule has 0 bridgehead atoms. The zero-order valence-electron chi connectivity index (χ0n) is 16.7. The van der Waals surface area contributed by atoms with Gasteiger partial charge in [-0.05, 0) is 37.6 Å². The third kappa shape index (κ3) is 4.29. The van der Waals surface area contributed by atoms with Crippen LogP contribution in [0.25, 0.3) is 0 Å². The van der Waals surface area contributed by atoms with Crippen LogP contribution in [0.3, 0.4) is 0 Å². The molecule has 156 valence electrons. The smallest absolute Gasteiger partial charge is 0.243 e. The summed E-state index contributed by atoms with van der Waals surface area (Å²) in [5, 5.41) is 0.656. The Morgan fingerprint density at radius 2 is 1.83 bits per heavy atom. The van der Waals surface area contributed by atoms with Crippen LogP contribution in [0.4, 0.5) is 0 Å². The summed E-state index contributed by atoms with van der Waals surface area (Å²) in [5.74, 6) is 0.839. The number of nitrogens with zero attached hydrogens (tertiary/aromatic N) is 2. The van der Waals surface area contributed by atoms with Crippen molar-refractivity contribution in [3.8, 4) is 5.75 Å². The van der Waals surface area contributed by atoms with Crippen LogP contribution in [-0.4, -0.2) is 50.6 Å². The van der Waals surface area contributed by atoms with Gasteiger partial charge in [0.05, 0.1) is 11.5 Å². The molecule has 1 fully saturated rings. The van der Waals surface area contributed by atoms with Crippen molar-refractivity contribution >= 4 is 21.6 Å². The summed E-state index contributed by atoms with van der Waals surface area (Å²) < 4.78 is 38.8. The van der Waals surface area contributed by atoms with Crippen molar-refractivity contribution in [2.24, 2.45) is 0 Å². The summed E-state index contributed by atoms with van der Waals surface area (Å²) >= 11 is 6.26. The lowest BCUT2D eigenvalue weighted by atomic mass is 10.1. The standard InChI is InChI=1S/C21H25ClN2O4S/c1-15-3-4-20(16(2)9-15)29(25,26)24-7-5-23(6-8-24)12-17-10-19(22)11-18-13-27-14-28-21(17)18/h3-4,9-11H,5-8,12-14H2,1-2H3. The zero-order chi connectivity index (χ0) is 20.6. The molecule has 0 amide bonds. The first-order valence-corrected chi connectivity index (χ1v) is 11.5. The molecule has 0 aliphatic carbocycles. The van der Waals surface area contributed by atoms with Gasteiger partial charge in [0, 0.05) is 48.9 Å². The predicted molar refractivity (Wildman–Crippen MR) is 112 cm³/mol. The van der Waals surface area contributed by atoms with Crippen LogP contribution in [0.5, 0.6) is 5.75 Å². The maximum absolute atomic E-state index is 13.1. The van der Waals surface area contributed by atoms with Crippen LogP contribution in [0.2, 0.25) is 5.02 Å². The minimum Gasteiger partial charge on any atom is -0.467 e. The second kappa shape index (κ2) is 8.24. The summed E-state index contributed by atoms with van der Waals surface area (Å²) in [6.45, 7) is 7.44. The topological polar surface area (TPSA) is 59.1 Å². The lowest BCUT2D eigenvalue weighted by Crippen LogP contribution is -2.48. The van der Waals surface area contributed by atoms with Gasteiger partial charge < -0.3 is 9.47 Å². The van der Waals surface area contributed by atoms with Gasteiger partial charge in [0.25, 0.3) is 0 Å². The Kier molecular flexibility index (Phi) is 5.86. The molecular formula is C21H25ClN2O4S. The van der Waals surface area contributed by atoms with Crippen LogP contribution in [0.15, 0.2) is 35.2 Å². The Morgan fingerprint density at radius 3 is 2.55 bits per heavy atom. The highest BCUT2D eigenvalue weighted by Crippen LogP contribution is 2.33. The predicted octanol–water partition coefficient (Wildman–Crippen LogP) is 3.33. The molecule has 8 heteroatoms. The molecule has 6 nitrogen and oxygen atoms in total. The number of piperazine rings is 1. The average Bonchev–Trinajstić information content (AvgIpc) is 2.68. The molecule has 4 rings (SSSR count). The van der Waals surface area contributed by atoms with Gasteiger partial charge in [-0.15, -0.1) is 0 Å². The molecule has 0 aromatic heterocycles. The monoisotopic (exact) mass is 436 g/mol. The number of hydrogen-bond donors (Lipinski definition) is 0. The summed E-state index contributed by atoms with van der Waals surface area (Å²) in [5.41, 5.74) is 3.82. The highest BCUT2D eigenvalue weighted by Gasteiger charge is 2.30. The maximum atomic E-state index is 13.1. The van der Waals surface area contributed by atoms with Crippen molar-refractivity contribution in [2.75, 3.05) is 33.0 Å². The molecule has 0 N–H and O–H groups in total. The van der Waals surface area contributed by atoms with Crippen LogP contribution < -0.4 is 4.74 Å². The Bertz CT molecular complexity index is 1020. The van der Waals surface area contributed by atoms with E-state index in [1.54, 1.807) is 10.4 Å². The third-order valence-electron chi connectivity index (χ3n) is 5.43.